The van der Waals surface area contributed by atoms with Crippen molar-refractivity contribution in [1.29, 1.82) is 0 Å². The number of carbonyl (C=O) groups is 2. The van der Waals surface area contributed by atoms with Gasteiger partial charge < -0.3 is 15.7 Å². The molecular formula is C27H22Cl2N4O3. The van der Waals surface area contributed by atoms with Gasteiger partial charge in [-0.05, 0) is 54.8 Å². The van der Waals surface area contributed by atoms with Crippen molar-refractivity contribution in [3.05, 3.63) is 99.7 Å². The topological polar surface area (TPSA) is 96.2 Å². The van der Waals surface area contributed by atoms with Crippen molar-refractivity contribution in [2.45, 2.75) is 25.3 Å². The maximum atomic E-state index is 13.0. The van der Waals surface area contributed by atoms with Crippen LogP contribution in [0.2, 0.25) is 10.0 Å². The Hall–Kier alpha value is -3.81. The number of anilines is 1. The van der Waals surface area contributed by atoms with Gasteiger partial charge in [0.2, 0.25) is 0 Å². The first-order chi connectivity index (χ1) is 17.4. The molecule has 7 nitrogen and oxygen atoms in total. The average Bonchev–Trinajstić information content (AvgIpc) is 3.62. The zero-order valence-electron chi connectivity index (χ0n) is 19.0. The van der Waals surface area contributed by atoms with Gasteiger partial charge in [0.05, 0.1) is 27.0 Å². The van der Waals surface area contributed by atoms with Crippen molar-refractivity contribution in [3.8, 4) is 17.0 Å². The van der Waals surface area contributed by atoms with Gasteiger partial charge in [0.15, 0.2) is 0 Å². The Kier molecular flexibility index (Phi) is 6.67. The molecule has 0 atom stereocenters. The number of hydrogen-bond donors (Lipinski definition) is 3. The predicted molar refractivity (Wildman–Crippen MR) is 140 cm³/mol. The summed E-state index contributed by atoms with van der Waals surface area (Å²) in [5, 5.41) is 21.2. The molecule has 0 spiro atoms. The summed E-state index contributed by atoms with van der Waals surface area (Å²) in [5.41, 5.74) is 3.15. The van der Waals surface area contributed by atoms with E-state index >= 15 is 0 Å². The molecule has 1 heterocycles. The van der Waals surface area contributed by atoms with Crippen LogP contribution in [-0.2, 0) is 6.54 Å². The molecule has 0 radical (unpaired) electrons. The van der Waals surface area contributed by atoms with E-state index in [2.05, 4.69) is 15.7 Å². The number of carbonyl (C=O) groups excluding carboxylic acids is 2. The van der Waals surface area contributed by atoms with Crippen LogP contribution in [-0.4, -0.2) is 26.8 Å². The molecule has 0 bridgehead atoms. The number of nitrogens with one attached hydrogen (secondary N) is 2. The molecule has 0 unspecified atom stereocenters. The number of aromatic hydroxyl groups is 1. The van der Waals surface area contributed by atoms with E-state index in [9.17, 15) is 14.7 Å². The lowest BCUT2D eigenvalue weighted by atomic mass is 10.1. The lowest BCUT2D eigenvalue weighted by Gasteiger charge is -2.10. The molecule has 1 saturated carbocycles. The molecule has 9 heteroatoms. The minimum atomic E-state index is -0.480. The molecule has 36 heavy (non-hydrogen) atoms. The van der Waals surface area contributed by atoms with E-state index in [1.165, 1.54) is 10.7 Å². The first-order valence-electron chi connectivity index (χ1n) is 11.4. The lowest BCUT2D eigenvalue weighted by Crippen LogP contribution is -2.30. The highest BCUT2D eigenvalue weighted by atomic mass is 35.5. The number of hydrogen-bond acceptors (Lipinski definition) is 4. The van der Waals surface area contributed by atoms with E-state index in [4.69, 9.17) is 23.2 Å². The second-order valence-electron chi connectivity index (χ2n) is 8.57. The SMILES string of the molecule is O=C(Nc1ccc(O)c(-c2cc(C3CC3)n(C(=O)NCc3ccccc3)n2)c1)c1c(Cl)cccc1Cl. The standard InChI is InChI=1S/C27H22Cl2N4O3/c28-20-7-4-8-21(29)25(20)26(35)31-18-11-12-24(34)19(13-18)22-14-23(17-9-10-17)33(32-22)27(36)30-15-16-5-2-1-3-6-16/h1-8,11-14,17,34H,9-10,15H2,(H,30,36)(H,31,35). The number of phenolic OH excluding ortho intramolecular Hbond substituents is 1. The van der Waals surface area contributed by atoms with Crippen LogP contribution in [0.25, 0.3) is 11.3 Å². The number of amides is 2. The van der Waals surface area contributed by atoms with E-state index in [-0.39, 0.29) is 33.3 Å². The van der Waals surface area contributed by atoms with Crippen LogP contribution < -0.4 is 10.6 Å². The van der Waals surface area contributed by atoms with Crippen LogP contribution in [0.4, 0.5) is 10.5 Å². The first-order valence-corrected chi connectivity index (χ1v) is 12.2. The molecule has 2 amide bonds. The lowest BCUT2D eigenvalue weighted by molar-refractivity contribution is 0.102. The van der Waals surface area contributed by atoms with E-state index in [0.717, 1.165) is 24.1 Å². The first kappa shape index (κ1) is 23.9. The Morgan fingerprint density at radius 2 is 1.69 bits per heavy atom. The van der Waals surface area contributed by atoms with E-state index < -0.39 is 5.91 Å². The van der Waals surface area contributed by atoms with Crippen LogP contribution in [0.1, 0.15) is 40.4 Å². The summed E-state index contributed by atoms with van der Waals surface area (Å²) in [4.78, 5) is 25.8. The molecule has 1 fully saturated rings. The fraction of sp³-hybridized carbons (Fsp3) is 0.148. The minimum absolute atomic E-state index is 0.0273. The van der Waals surface area contributed by atoms with Gasteiger partial charge in [0.25, 0.3) is 5.91 Å². The molecule has 1 aromatic heterocycles. The maximum absolute atomic E-state index is 13.0. The third-order valence-corrected chi connectivity index (χ3v) is 6.56. The third kappa shape index (κ3) is 5.08. The zero-order chi connectivity index (χ0) is 25.2. The summed E-state index contributed by atoms with van der Waals surface area (Å²) in [6.07, 6.45) is 1.94. The van der Waals surface area contributed by atoms with Gasteiger partial charge in [0, 0.05) is 23.7 Å². The van der Waals surface area contributed by atoms with Gasteiger partial charge in [-0.2, -0.15) is 9.78 Å². The predicted octanol–water partition coefficient (Wildman–Crippen LogP) is 6.45. The second kappa shape index (κ2) is 10.0. The van der Waals surface area contributed by atoms with Crippen molar-refractivity contribution in [3.63, 3.8) is 0 Å². The summed E-state index contributed by atoms with van der Waals surface area (Å²) in [5.74, 6) is -0.270. The van der Waals surface area contributed by atoms with Crippen molar-refractivity contribution in [2.75, 3.05) is 5.32 Å². The summed E-state index contributed by atoms with van der Waals surface area (Å²) < 4.78 is 1.37. The molecule has 4 aromatic rings. The number of aromatic nitrogens is 2. The summed E-state index contributed by atoms with van der Waals surface area (Å²) in [6.45, 7) is 0.371. The highest BCUT2D eigenvalue weighted by Gasteiger charge is 2.31. The zero-order valence-corrected chi connectivity index (χ0v) is 20.6. The van der Waals surface area contributed by atoms with Gasteiger partial charge in [-0.3, -0.25) is 4.79 Å². The van der Waals surface area contributed by atoms with Crippen LogP contribution in [0.15, 0.2) is 72.8 Å². The normalized spacial score (nSPS) is 12.8. The Bertz CT molecular complexity index is 1430. The number of halogens is 2. The fourth-order valence-electron chi connectivity index (χ4n) is 3.94. The van der Waals surface area contributed by atoms with E-state index in [0.29, 0.717) is 23.5 Å². The van der Waals surface area contributed by atoms with Crippen molar-refractivity contribution in [1.82, 2.24) is 15.1 Å². The molecule has 1 aliphatic carbocycles. The van der Waals surface area contributed by atoms with Gasteiger partial charge in [-0.15, -0.1) is 0 Å². The van der Waals surface area contributed by atoms with Crippen molar-refractivity contribution in [2.24, 2.45) is 0 Å². The number of rotatable bonds is 6. The van der Waals surface area contributed by atoms with E-state index in [1.54, 1.807) is 30.3 Å². The maximum Gasteiger partial charge on any atom is 0.342 e. The molecule has 3 N–H and O–H groups in total. The molecular weight excluding hydrogens is 499 g/mol. The van der Waals surface area contributed by atoms with Crippen LogP contribution in [0, 0.1) is 0 Å². The summed E-state index contributed by atoms with van der Waals surface area (Å²) in [7, 11) is 0. The highest BCUT2D eigenvalue weighted by Crippen LogP contribution is 2.42. The molecule has 182 valence electrons. The highest BCUT2D eigenvalue weighted by molar-refractivity contribution is 6.40. The van der Waals surface area contributed by atoms with Gasteiger partial charge in [-0.25, -0.2) is 4.79 Å². The summed E-state index contributed by atoms with van der Waals surface area (Å²) in [6, 6.07) is 20.5. The number of phenols is 1. The molecule has 3 aromatic carbocycles. The second-order valence-corrected chi connectivity index (χ2v) is 9.38. The monoisotopic (exact) mass is 520 g/mol. The largest absolute Gasteiger partial charge is 0.507 e. The van der Waals surface area contributed by atoms with Crippen LogP contribution in [0.5, 0.6) is 5.75 Å². The van der Waals surface area contributed by atoms with Crippen LogP contribution >= 0.6 is 23.2 Å². The van der Waals surface area contributed by atoms with Gasteiger partial charge in [-0.1, -0.05) is 59.6 Å². The Labute approximate surface area is 217 Å². The molecule has 0 saturated heterocycles. The Morgan fingerprint density at radius 3 is 2.39 bits per heavy atom. The number of benzene rings is 3. The van der Waals surface area contributed by atoms with Gasteiger partial charge >= 0.3 is 6.03 Å². The van der Waals surface area contributed by atoms with E-state index in [1.807, 2.05) is 36.4 Å². The third-order valence-electron chi connectivity index (χ3n) is 5.93. The van der Waals surface area contributed by atoms with Gasteiger partial charge in [0.1, 0.15) is 5.75 Å². The average molecular weight is 521 g/mol. The molecule has 0 aliphatic heterocycles. The molecule has 5 rings (SSSR count). The summed E-state index contributed by atoms with van der Waals surface area (Å²) >= 11 is 12.3. The van der Waals surface area contributed by atoms with Crippen LogP contribution in [0.3, 0.4) is 0 Å². The quantitative estimate of drug-likeness (QED) is 0.254. The van der Waals surface area contributed by atoms with Crippen molar-refractivity contribution >= 4 is 40.8 Å². The molecule has 1 aliphatic rings. The van der Waals surface area contributed by atoms with Crippen molar-refractivity contribution < 1.29 is 14.7 Å². The smallest absolute Gasteiger partial charge is 0.342 e. The fourth-order valence-corrected chi connectivity index (χ4v) is 4.50. The number of nitrogens with zero attached hydrogens (tertiary/aromatic N) is 2. The Morgan fingerprint density at radius 1 is 0.972 bits per heavy atom. The Balaban J connectivity index is 1.41. The minimum Gasteiger partial charge on any atom is -0.507 e.